The van der Waals surface area contributed by atoms with Gasteiger partial charge in [-0.1, -0.05) is 6.07 Å². The summed E-state index contributed by atoms with van der Waals surface area (Å²) in [5, 5.41) is 0. The highest BCUT2D eigenvalue weighted by molar-refractivity contribution is 5.34. The van der Waals surface area contributed by atoms with Gasteiger partial charge in [0.25, 0.3) is 0 Å². The average Bonchev–Trinajstić information content (AvgIpc) is 2.32. The predicted octanol–water partition coefficient (Wildman–Crippen LogP) is 2.63. The van der Waals surface area contributed by atoms with E-state index >= 15 is 0 Å². The number of hydrogen-bond acceptors (Lipinski definition) is 3. The van der Waals surface area contributed by atoms with Crippen molar-refractivity contribution in [3.63, 3.8) is 0 Å². The Morgan fingerprint density at radius 1 is 1.16 bits per heavy atom. The van der Waals surface area contributed by atoms with Gasteiger partial charge in [0.1, 0.15) is 18.2 Å². The fourth-order valence-electron chi connectivity index (χ4n) is 1.40. The van der Waals surface area contributed by atoms with Gasteiger partial charge in [-0.15, -0.1) is 0 Å². The molecule has 0 unspecified atom stereocenters. The van der Waals surface area contributed by atoms with Crippen molar-refractivity contribution in [3.05, 3.63) is 29.6 Å². The first-order chi connectivity index (χ1) is 8.94. The summed E-state index contributed by atoms with van der Waals surface area (Å²) in [5.41, 5.74) is 5.63. The molecule has 1 aromatic rings. The number of hydrogen-bond donors (Lipinski definition) is 1. The lowest BCUT2D eigenvalue weighted by Crippen LogP contribution is -2.18. The van der Waals surface area contributed by atoms with Gasteiger partial charge in [-0.2, -0.15) is 13.2 Å². The van der Waals surface area contributed by atoms with Crippen molar-refractivity contribution in [2.45, 2.75) is 19.1 Å². The molecule has 2 N–H and O–H groups in total. The number of rotatable bonds is 7. The lowest BCUT2D eigenvalue weighted by Gasteiger charge is -2.11. The minimum atomic E-state index is -4.32. The molecular weight excluding hydrogens is 266 g/mol. The van der Waals surface area contributed by atoms with E-state index in [1.165, 1.54) is 12.1 Å². The number of alkyl halides is 3. The Kier molecular flexibility index (Phi) is 6.04. The van der Waals surface area contributed by atoms with Gasteiger partial charge in [-0.25, -0.2) is 4.39 Å². The molecule has 0 aliphatic rings. The zero-order valence-corrected chi connectivity index (χ0v) is 10.2. The number of benzene rings is 1. The molecule has 0 amide bonds. The van der Waals surface area contributed by atoms with Crippen molar-refractivity contribution >= 4 is 0 Å². The van der Waals surface area contributed by atoms with Crippen LogP contribution in [0.15, 0.2) is 18.2 Å². The molecule has 108 valence electrons. The van der Waals surface area contributed by atoms with Gasteiger partial charge in [0, 0.05) is 18.5 Å². The Morgan fingerprint density at radius 3 is 2.53 bits per heavy atom. The van der Waals surface area contributed by atoms with Crippen LogP contribution in [0.25, 0.3) is 0 Å². The molecule has 0 radical (unpaired) electrons. The largest absolute Gasteiger partial charge is 0.493 e. The molecule has 19 heavy (non-hydrogen) atoms. The van der Waals surface area contributed by atoms with Crippen molar-refractivity contribution in [1.29, 1.82) is 0 Å². The quantitative estimate of drug-likeness (QED) is 0.617. The Morgan fingerprint density at radius 2 is 1.89 bits per heavy atom. The topological polar surface area (TPSA) is 44.5 Å². The Hall–Kier alpha value is -1.34. The van der Waals surface area contributed by atoms with E-state index in [0.717, 1.165) is 0 Å². The first kappa shape index (κ1) is 15.7. The van der Waals surface area contributed by atoms with Crippen LogP contribution < -0.4 is 10.5 Å². The van der Waals surface area contributed by atoms with E-state index in [0.29, 0.717) is 5.75 Å². The summed E-state index contributed by atoms with van der Waals surface area (Å²) < 4.78 is 58.3. The molecule has 1 aromatic carbocycles. The van der Waals surface area contributed by atoms with Gasteiger partial charge >= 0.3 is 6.18 Å². The molecule has 7 heteroatoms. The zero-order chi connectivity index (χ0) is 14.3. The maximum absolute atomic E-state index is 13.3. The predicted molar refractivity (Wildman–Crippen MR) is 61.3 cm³/mol. The molecule has 0 saturated heterocycles. The number of ether oxygens (including phenoxy) is 2. The highest BCUT2D eigenvalue weighted by Crippen LogP contribution is 2.21. The maximum atomic E-state index is 13.3. The SMILES string of the molecule is NCc1c(F)cccc1OCCCOCC(F)(F)F. The minimum Gasteiger partial charge on any atom is -0.493 e. The molecule has 0 fully saturated rings. The van der Waals surface area contributed by atoms with E-state index in [2.05, 4.69) is 4.74 Å². The highest BCUT2D eigenvalue weighted by atomic mass is 19.4. The van der Waals surface area contributed by atoms with Crippen molar-refractivity contribution in [3.8, 4) is 5.75 Å². The second-order valence-electron chi connectivity index (χ2n) is 3.79. The summed E-state index contributed by atoms with van der Waals surface area (Å²) in [6, 6.07) is 4.30. The first-order valence-electron chi connectivity index (χ1n) is 5.69. The van der Waals surface area contributed by atoms with E-state index < -0.39 is 18.6 Å². The molecule has 0 saturated carbocycles. The summed E-state index contributed by atoms with van der Waals surface area (Å²) >= 11 is 0. The average molecular weight is 281 g/mol. The van der Waals surface area contributed by atoms with Crippen LogP contribution in [0.5, 0.6) is 5.75 Å². The van der Waals surface area contributed by atoms with Crippen LogP contribution in [-0.2, 0) is 11.3 Å². The standard InChI is InChI=1S/C12H15F4NO2/c13-10-3-1-4-11(9(10)7-17)19-6-2-5-18-8-12(14,15)16/h1,3-4H,2,5-8,17H2. The van der Waals surface area contributed by atoms with Crippen molar-refractivity contribution in [2.75, 3.05) is 19.8 Å². The van der Waals surface area contributed by atoms with Gasteiger partial charge in [0.2, 0.25) is 0 Å². The summed E-state index contributed by atoms with van der Waals surface area (Å²) in [7, 11) is 0. The van der Waals surface area contributed by atoms with E-state index in [9.17, 15) is 17.6 Å². The summed E-state index contributed by atoms with van der Waals surface area (Å²) in [4.78, 5) is 0. The number of halogens is 4. The number of nitrogens with two attached hydrogens (primary N) is 1. The minimum absolute atomic E-state index is 0.00736. The lowest BCUT2D eigenvalue weighted by atomic mass is 10.2. The highest BCUT2D eigenvalue weighted by Gasteiger charge is 2.27. The van der Waals surface area contributed by atoms with Crippen LogP contribution in [-0.4, -0.2) is 26.0 Å². The molecular formula is C12H15F4NO2. The fourth-order valence-corrected chi connectivity index (χ4v) is 1.40. The third kappa shape index (κ3) is 5.89. The summed E-state index contributed by atoms with van der Waals surface area (Å²) in [6.45, 7) is -1.23. The first-order valence-corrected chi connectivity index (χ1v) is 5.69. The van der Waals surface area contributed by atoms with Crippen LogP contribution >= 0.6 is 0 Å². The third-order valence-electron chi connectivity index (χ3n) is 2.24. The smallest absolute Gasteiger partial charge is 0.411 e. The zero-order valence-electron chi connectivity index (χ0n) is 10.2. The van der Waals surface area contributed by atoms with E-state index in [4.69, 9.17) is 10.5 Å². The second kappa shape index (κ2) is 7.30. The Bertz CT molecular complexity index is 396. The molecule has 3 nitrogen and oxygen atoms in total. The van der Waals surface area contributed by atoms with Crippen LogP contribution in [0.2, 0.25) is 0 Å². The van der Waals surface area contributed by atoms with Gasteiger partial charge in [-0.05, 0) is 12.1 Å². The van der Waals surface area contributed by atoms with Crippen molar-refractivity contribution in [2.24, 2.45) is 5.73 Å². The van der Waals surface area contributed by atoms with Gasteiger partial charge in [0.05, 0.1) is 13.2 Å². The summed E-state index contributed by atoms with van der Waals surface area (Å²) in [6.07, 6.45) is -4.05. The van der Waals surface area contributed by atoms with Crippen molar-refractivity contribution < 1.29 is 27.0 Å². The monoisotopic (exact) mass is 281 g/mol. The molecule has 0 bridgehead atoms. The molecule has 0 atom stereocenters. The summed E-state index contributed by atoms with van der Waals surface area (Å²) in [5.74, 6) is -0.161. The fraction of sp³-hybridized carbons (Fsp3) is 0.500. The second-order valence-corrected chi connectivity index (χ2v) is 3.79. The van der Waals surface area contributed by atoms with Crippen molar-refractivity contribution in [1.82, 2.24) is 0 Å². The molecule has 1 rings (SSSR count). The van der Waals surface area contributed by atoms with Crippen LogP contribution in [0.4, 0.5) is 17.6 Å². The molecule has 0 aliphatic heterocycles. The van der Waals surface area contributed by atoms with Gasteiger partial charge in [-0.3, -0.25) is 0 Å². The third-order valence-corrected chi connectivity index (χ3v) is 2.24. The van der Waals surface area contributed by atoms with Crippen LogP contribution in [0.1, 0.15) is 12.0 Å². The molecule has 0 aliphatic carbocycles. The van der Waals surface area contributed by atoms with E-state index in [1.807, 2.05) is 0 Å². The lowest BCUT2D eigenvalue weighted by molar-refractivity contribution is -0.174. The normalized spacial score (nSPS) is 11.6. The maximum Gasteiger partial charge on any atom is 0.411 e. The Labute approximate surface area is 108 Å². The molecule has 0 aromatic heterocycles. The van der Waals surface area contributed by atoms with Crippen LogP contribution in [0, 0.1) is 5.82 Å². The van der Waals surface area contributed by atoms with E-state index in [1.54, 1.807) is 6.07 Å². The van der Waals surface area contributed by atoms with Gasteiger partial charge < -0.3 is 15.2 Å². The van der Waals surface area contributed by atoms with E-state index in [-0.39, 0.29) is 31.7 Å². The molecule has 0 spiro atoms. The van der Waals surface area contributed by atoms with Gasteiger partial charge in [0.15, 0.2) is 0 Å². The Balaban J connectivity index is 2.28. The molecule has 0 heterocycles. The van der Waals surface area contributed by atoms with Crippen LogP contribution in [0.3, 0.4) is 0 Å².